The van der Waals surface area contributed by atoms with E-state index < -0.39 is 0 Å². The van der Waals surface area contributed by atoms with Gasteiger partial charge in [-0.2, -0.15) is 0 Å². The topological polar surface area (TPSA) is 41.9 Å². The molecule has 0 N–H and O–H groups in total. The van der Waals surface area contributed by atoms with Gasteiger partial charge in [0, 0.05) is 45.3 Å². The number of nitrogens with zero attached hydrogens (tertiary/aromatic N) is 1. The largest absolute Gasteiger partial charge is 0.458 e. The molecule has 5 heterocycles. The monoisotopic (exact) mass is 985 g/mol. The lowest BCUT2D eigenvalue weighted by Crippen LogP contribution is -2.57. The molecule has 7 heteroatoms. The summed E-state index contributed by atoms with van der Waals surface area (Å²) in [5.41, 5.74) is 23.3. The smallest absolute Gasteiger partial charge is 0.260 e. The molecule has 4 aliphatic heterocycles. The second kappa shape index (κ2) is 15.6. The van der Waals surface area contributed by atoms with E-state index >= 15 is 0 Å². The van der Waals surface area contributed by atoms with Gasteiger partial charge in [0.25, 0.3) is 13.4 Å². The lowest BCUT2D eigenvalue weighted by atomic mass is 9.35. The summed E-state index contributed by atoms with van der Waals surface area (Å²) in [4.78, 5) is 0. The minimum absolute atomic E-state index is 0.0366. The van der Waals surface area contributed by atoms with Gasteiger partial charge < -0.3 is 23.5 Å². The number of hydrogen-bond donors (Lipinski definition) is 0. The SMILES string of the molecule is Cn1c2c(-c3ccc(-c4cc5c6c(c4)Oc4ccccc4B6c4ccccc4O5)cc3)cccc2c2c3c(cc(-c4ccc(-c5cc6c7c(c5)Oc5ccccc5B7c5ccccc5O6)cc4)c21)-c1ccccc1C3(C)C. The van der Waals surface area contributed by atoms with E-state index in [-0.39, 0.29) is 18.8 Å². The molecule has 0 radical (unpaired) electrons. The van der Waals surface area contributed by atoms with Crippen molar-refractivity contribution < 1.29 is 18.9 Å². The van der Waals surface area contributed by atoms with Gasteiger partial charge in [-0.15, -0.1) is 0 Å². The lowest BCUT2D eigenvalue weighted by molar-refractivity contribution is 0.464. The maximum absolute atomic E-state index is 6.70. The zero-order chi connectivity index (χ0) is 50.8. The third-order valence-electron chi connectivity index (χ3n) is 17.4. The first-order valence-corrected chi connectivity index (χ1v) is 26.7. The third kappa shape index (κ3) is 5.97. The van der Waals surface area contributed by atoms with Gasteiger partial charge in [0.2, 0.25) is 0 Å². The highest BCUT2D eigenvalue weighted by atomic mass is 16.5. The average Bonchev–Trinajstić information content (AvgIpc) is 4.12. The second-order valence-corrected chi connectivity index (χ2v) is 21.9. The van der Waals surface area contributed by atoms with Gasteiger partial charge in [-0.3, -0.25) is 0 Å². The molecule has 77 heavy (non-hydrogen) atoms. The predicted octanol–water partition coefficient (Wildman–Crippen LogP) is 13.8. The Kier molecular flexibility index (Phi) is 8.66. The van der Waals surface area contributed by atoms with E-state index in [0.29, 0.717) is 0 Å². The molecule has 17 rings (SSSR count). The number of para-hydroxylation sites is 5. The zero-order valence-electron chi connectivity index (χ0n) is 42.5. The first-order valence-electron chi connectivity index (χ1n) is 26.7. The molecule has 1 aliphatic carbocycles. The molecular weight excluding hydrogens is 940 g/mol. The van der Waals surface area contributed by atoms with Crippen molar-refractivity contribution in [1.29, 1.82) is 0 Å². The van der Waals surface area contributed by atoms with Crippen molar-refractivity contribution in [3.05, 3.63) is 230 Å². The Bertz CT molecular complexity index is 4430. The van der Waals surface area contributed by atoms with E-state index in [0.717, 1.165) is 112 Å². The molecule has 0 saturated heterocycles. The molecule has 5 aliphatic rings. The fourth-order valence-corrected chi connectivity index (χ4v) is 14.0. The van der Waals surface area contributed by atoms with Crippen LogP contribution in [0.2, 0.25) is 0 Å². The van der Waals surface area contributed by atoms with E-state index in [1.807, 2.05) is 24.3 Å². The highest BCUT2D eigenvalue weighted by molar-refractivity contribution is 6.99. The summed E-state index contributed by atoms with van der Waals surface area (Å²) in [5, 5.41) is 2.56. The molecule has 0 fully saturated rings. The van der Waals surface area contributed by atoms with Crippen molar-refractivity contribution in [3.63, 3.8) is 0 Å². The fraction of sp³-hybridized carbons (Fsp3) is 0.0571. The van der Waals surface area contributed by atoms with Gasteiger partial charge in [-0.25, -0.2) is 0 Å². The first-order chi connectivity index (χ1) is 37.8. The summed E-state index contributed by atoms with van der Waals surface area (Å²) in [6, 6.07) is 78.8. The van der Waals surface area contributed by atoms with Crippen LogP contribution in [0.1, 0.15) is 25.0 Å². The molecule has 11 aromatic carbocycles. The zero-order valence-corrected chi connectivity index (χ0v) is 42.5. The van der Waals surface area contributed by atoms with E-state index in [1.54, 1.807) is 0 Å². The van der Waals surface area contributed by atoms with E-state index in [4.69, 9.17) is 18.9 Å². The van der Waals surface area contributed by atoms with Crippen molar-refractivity contribution >= 4 is 68.0 Å². The maximum Gasteiger partial charge on any atom is 0.260 e. The molecule has 0 unspecified atom stereocenters. The van der Waals surface area contributed by atoms with Crippen molar-refractivity contribution in [2.24, 2.45) is 7.05 Å². The summed E-state index contributed by atoms with van der Waals surface area (Å²) >= 11 is 0. The van der Waals surface area contributed by atoms with Crippen molar-refractivity contribution in [3.8, 4) is 102 Å². The predicted molar refractivity (Wildman–Crippen MR) is 315 cm³/mol. The Morgan fingerprint density at radius 2 is 0.740 bits per heavy atom. The van der Waals surface area contributed by atoms with Gasteiger partial charge in [-0.05, 0) is 132 Å². The normalized spacial score (nSPS) is 14.1. The molecule has 1 aromatic heterocycles. The third-order valence-corrected chi connectivity index (χ3v) is 17.4. The van der Waals surface area contributed by atoms with Crippen LogP contribution in [0, 0.1) is 0 Å². The van der Waals surface area contributed by atoms with Gasteiger partial charge >= 0.3 is 0 Å². The van der Waals surface area contributed by atoms with Crippen LogP contribution in [0.5, 0.6) is 46.0 Å². The molecule has 0 saturated carbocycles. The number of benzene rings is 11. The van der Waals surface area contributed by atoms with Gasteiger partial charge in [0.15, 0.2) is 0 Å². The Morgan fingerprint density at radius 3 is 1.22 bits per heavy atom. The number of fused-ring (bicyclic) bond motifs is 15. The van der Waals surface area contributed by atoms with Gasteiger partial charge in [-0.1, -0.05) is 178 Å². The molecule has 12 aromatic rings. The van der Waals surface area contributed by atoms with E-state index in [9.17, 15) is 0 Å². The standard InChI is InChI=1S/C70H45B2NO4/c1-70(2)51-18-5-4-15-47(51)50-39-49(43-33-29-41(30-34-43)45-37-62-67-63(38-45)77-59-26-13-9-22-55(59)72(67)54-21-8-12-25-58(54)76-62)69-64(65(50)70)48-17-14-16-46(68(48)73(69)3)42-31-27-40(28-32-42)44-35-60-66-61(36-44)75-57-24-11-7-20-53(57)71(66)52-19-6-10-23-56(52)74-60/h4-39H,1-3H3. The minimum atomic E-state index is -0.221. The maximum atomic E-state index is 6.70. The summed E-state index contributed by atoms with van der Waals surface area (Å²) in [6.07, 6.45) is 0. The van der Waals surface area contributed by atoms with Crippen LogP contribution in [0.3, 0.4) is 0 Å². The summed E-state index contributed by atoms with van der Waals surface area (Å²) in [5.74, 6) is 6.91. The molecule has 5 nitrogen and oxygen atoms in total. The van der Waals surface area contributed by atoms with Crippen molar-refractivity contribution in [2.75, 3.05) is 0 Å². The van der Waals surface area contributed by atoms with E-state index in [1.165, 1.54) is 55.2 Å². The number of aromatic nitrogens is 1. The van der Waals surface area contributed by atoms with Crippen LogP contribution in [-0.4, -0.2) is 18.0 Å². The second-order valence-electron chi connectivity index (χ2n) is 21.9. The summed E-state index contributed by atoms with van der Waals surface area (Å²) in [7, 11) is 2.26. The Hall–Kier alpha value is -9.45. The first kappa shape index (κ1) is 42.9. The number of aryl methyl sites for hydroxylation is 1. The van der Waals surface area contributed by atoms with E-state index in [2.05, 4.69) is 220 Å². The number of hydrogen-bond acceptors (Lipinski definition) is 4. The number of rotatable bonds is 4. The molecule has 360 valence electrons. The quantitative estimate of drug-likeness (QED) is 0.165. The van der Waals surface area contributed by atoms with Crippen molar-refractivity contribution in [1.82, 2.24) is 4.57 Å². The molecule has 0 spiro atoms. The van der Waals surface area contributed by atoms with Crippen LogP contribution in [0.25, 0.3) is 77.4 Å². The Labute approximate surface area is 446 Å². The minimum Gasteiger partial charge on any atom is -0.458 e. The Balaban J connectivity index is 0.787. The average molecular weight is 986 g/mol. The summed E-state index contributed by atoms with van der Waals surface area (Å²) in [6.45, 7) is 4.87. The molecule has 0 amide bonds. The van der Waals surface area contributed by atoms with Crippen LogP contribution >= 0.6 is 0 Å². The molecular formula is C70H45B2NO4. The van der Waals surface area contributed by atoms with Gasteiger partial charge in [0.05, 0.1) is 11.0 Å². The lowest BCUT2D eigenvalue weighted by Gasteiger charge is -2.33. The molecule has 0 atom stereocenters. The summed E-state index contributed by atoms with van der Waals surface area (Å²) < 4.78 is 29.2. The molecule has 0 bridgehead atoms. The number of ether oxygens (including phenoxy) is 4. The van der Waals surface area contributed by atoms with Gasteiger partial charge in [0.1, 0.15) is 46.0 Å². The highest BCUT2D eigenvalue weighted by Gasteiger charge is 2.43. The van der Waals surface area contributed by atoms with Crippen LogP contribution < -0.4 is 51.7 Å². The van der Waals surface area contributed by atoms with Crippen molar-refractivity contribution in [2.45, 2.75) is 19.3 Å². The van der Waals surface area contributed by atoms with Crippen LogP contribution in [0.15, 0.2) is 218 Å². The van der Waals surface area contributed by atoms with Crippen LogP contribution in [-0.2, 0) is 12.5 Å². The highest BCUT2D eigenvalue weighted by Crippen LogP contribution is 2.56. The van der Waals surface area contributed by atoms with Crippen LogP contribution in [0.4, 0.5) is 0 Å². The Morgan fingerprint density at radius 1 is 0.338 bits per heavy atom. The fourth-order valence-electron chi connectivity index (χ4n) is 14.0.